The molecule has 2 aromatic rings. The number of hydrogen-bond acceptors (Lipinski definition) is 3. The minimum absolute atomic E-state index is 0.165. The van der Waals surface area contributed by atoms with E-state index in [1.54, 1.807) is 24.3 Å². The van der Waals surface area contributed by atoms with Crippen molar-refractivity contribution < 1.29 is 14.3 Å². The Kier molecular flexibility index (Phi) is 4.38. The summed E-state index contributed by atoms with van der Waals surface area (Å²) in [5.74, 6) is -0.565. The molecule has 1 amide bonds. The van der Waals surface area contributed by atoms with Crippen LogP contribution in [0.15, 0.2) is 42.5 Å². The lowest BCUT2D eigenvalue weighted by molar-refractivity contribution is 0.0600. The second-order valence-corrected chi connectivity index (χ2v) is 4.84. The highest BCUT2D eigenvalue weighted by molar-refractivity contribution is 6.05. The molecule has 0 bridgehead atoms. The molecule has 108 valence electrons. The van der Waals surface area contributed by atoms with Gasteiger partial charge in [-0.2, -0.15) is 0 Å². The van der Waals surface area contributed by atoms with Gasteiger partial charge in [-0.05, 0) is 49.7 Å². The van der Waals surface area contributed by atoms with E-state index in [-0.39, 0.29) is 5.91 Å². The molecule has 0 radical (unpaired) electrons. The van der Waals surface area contributed by atoms with Gasteiger partial charge in [-0.1, -0.05) is 17.7 Å². The molecule has 0 unspecified atom stereocenters. The third-order valence-corrected chi connectivity index (χ3v) is 3.20. The molecular formula is C17H17NO3. The fraction of sp³-hybridized carbons (Fsp3) is 0.176. The summed E-state index contributed by atoms with van der Waals surface area (Å²) in [6.07, 6.45) is 0. The van der Waals surface area contributed by atoms with Crippen LogP contribution in [-0.4, -0.2) is 19.0 Å². The Morgan fingerprint density at radius 3 is 2.29 bits per heavy atom. The number of amides is 1. The quantitative estimate of drug-likeness (QED) is 0.879. The van der Waals surface area contributed by atoms with Crippen LogP contribution in [0, 0.1) is 13.8 Å². The van der Waals surface area contributed by atoms with Gasteiger partial charge < -0.3 is 10.1 Å². The van der Waals surface area contributed by atoms with Gasteiger partial charge in [0.2, 0.25) is 0 Å². The smallest absolute Gasteiger partial charge is 0.337 e. The summed E-state index contributed by atoms with van der Waals surface area (Å²) in [6.45, 7) is 3.84. The Hall–Kier alpha value is -2.62. The topological polar surface area (TPSA) is 55.4 Å². The van der Waals surface area contributed by atoms with Crippen LogP contribution < -0.4 is 5.32 Å². The molecule has 0 saturated heterocycles. The summed E-state index contributed by atoms with van der Waals surface area (Å²) in [5, 5.41) is 2.82. The summed E-state index contributed by atoms with van der Waals surface area (Å²) in [5.41, 5.74) is 3.68. The van der Waals surface area contributed by atoms with Crippen molar-refractivity contribution in [1.29, 1.82) is 0 Å². The van der Waals surface area contributed by atoms with E-state index in [0.29, 0.717) is 16.8 Å². The standard InChI is InChI=1S/C17H17NO3/c1-11-4-5-12(2)15(10-11)16(19)18-14-8-6-13(7-9-14)17(20)21-3/h4-10H,1-3H3,(H,18,19). The number of carbonyl (C=O) groups is 2. The molecule has 1 N–H and O–H groups in total. The minimum Gasteiger partial charge on any atom is -0.465 e. The van der Waals surface area contributed by atoms with Crippen molar-refractivity contribution >= 4 is 17.6 Å². The van der Waals surface area contributed by atoms with Gasteiger partial charge in [0.1, 0.15) is 0 Å². The zero-order valence-electron chi connectivity index (χ0n) is 12.3. The maximum atomic E-state index is 12.3. The Labute approximate surface area is 123 Å². The Balaban J connectivity index is 2.16. The molecule has 2 rings (SSSR count). The SMILES string of the molecule is COC(=O)c1ccc(NC(=O)c2cc(C)ccc2C)cc1. The summed E-state index contributed by atoms with van der Waals surface area (Å²) < 4.78 is 4.63. The van der Waals surface area contributed by atoms with E-state index in [9.17, 15) is 9.59 Å². The molecular weight excluding hydrogens is 266 g/mol. The Morgan fingerprint density at radius 1 is 1.00 bits per heavy atom. The minimum atomic E-state index is -0.401. The average molecular weight is 283 g/mol. The van der Waals surface area contributed by atoms with Gasteiger partial charge in [-0.15, -0.1) is 0 Å². The van der Waals surface area contributed by atoms with Crippen molar-refractivity contribution in [2.75, 3.05) is 12.4 Å². The molecule has 4 nitrogen and oxygen atoms in total. The number of methoxy groups -OCH3 is 1. The predicted molar refractivity (Wildman–Crippen MR) is 81.7 cm³/mol. The van der Waals surface area contributed by atoms with Crippen molar-refractivity contribution in [3.05, 3.63) is 64.7 Å². The van der Waals surface area contributed by atoms with E-state index in [2.05, 4.69) is 10.1 Å². The van der Waals surface area contributed by atoms with Crippen LogP contribution in [0.1, 0.15) is 31.8 Å². The first kappa shape index (κ1) is 14.8. The zero-order chi connectivity index (χ0) is 15.4. The van der Waals surface area contributed by atoms with Crippen LogP contribution in [0.3, 0.4) is 0 Å². The number of nitrogens with one attached hydrogen (secondary N) is 1. The first-order valence-electron chi connectivity index (χ1n) is 6.58. The van der Waals surface area contributed by atoms with Crippen molar-refractivity contribution in [2.45, 2.75) is 13.8 Å². The highest BCUT2D eigenvalue weighted by Crippen LogP contribution is 2.15. The lowest BCUT2D eigenvalue weighted by Crippen LogP contribution is -2.13. The second-order valence-electron chi connectivity index (χ2n) is 4.84. The van der Waals surface area contributed by atoms with Crippen LogP contribution in [0.5, 0.6) is 0 Å². The number of ether oxygens (including phenoxy) is 1. The Morgan fingerprint density at radius 2 is 1.67 bits per heavy atom. The van der Waals surface area contributed by atoms with E-state index in [1.807, 2.05) is 32.0 Å². The molecule has 2 aromatic carbocycles. The molecule has 0 aliphatic rings. The van der Waals surface area contributed by atoms with E-state index >= 15 is 0 Å². The first-order valence-corrected chi connectivity index (χ1v) is 6.58. The normalized spacial score (nSPS) is 10.0. The van der Waals surface area contributed by atoms with Gasteiger partial charge in [0.25, 0.3) is 5.91 Å². The van der Waals surface area contributed by atoms with E-state index in [0.717, 1.165) is 11.1 Å². The maximum absolute atomic E-state index is 12.3. The van der Waals surface area contributed by atoms with Gasteiger partial charge >= 0.3 is 5.97 Å². The molecule has 0 aliphatic carbocycles. The van der Waals surface area contributed by atoms with Crippen LogP contribution in [0.25, 0.3) is 0 Å². The molecule has 0 heterocycles. The van der Waals surface area contributed by atoms with Gasteiger partial charge in [0, 0.05) is 11.3 Å². The molecule has 0 aliphatic heterocycles. The van der Waals surface area contributed by atoms with Crippen molar-refractivity contribution in [2.24, 2.45) is 0 Å². The lowest BCUT2D eigenvalue weighted by atomic mass is 10.0. The fourth-order valence-corrected chi connectivity index (χ4v) is 1.99. The molecule has 0 atom stereocenters. The molecule has 0 spiro atoms. The highest BCUT2D eigenvalue weighted by Gasteiger charge is 2.10. The van der Waals surface area contributed by atoms with Crippen molar-refractivity contribution in [3.63, 3.8) is 0 Å². The predicted octanol–water partition coefficient (Wildman–Crippen LogP) is 3.34. The average Bonchev–Trinajstić information content (AvgIpc) is 2.49. The van der Waals surface area contributed by atoms with Gasteiger partial charge in [-0.3, -0.25) is 4.79 Å². The van der Waals surface area contributed by atoms with Crippen LogP contribution in [0.4, 0.5) is 5.69 Å². The summed E-state index contributed by atoms with van der Waals surface area (Å²) in [6, 6.07) is 12.3. The third kappa shape index (κ3) is 3.48. The van der Waals surface area contributed by atoms with Gasteiger partial charge in [-0.25, -0.2) is 4.79 Å². The van der Waals surface area contributed by atoms with Crippen molar-refractivity contribution in [3.8, 4) is 0 Å². The second kappa shape index (κ2) is 6.22. The lowest BCUT2D eigenvalue weighted by Gasteiger charge is -2.09. The monoisotopic (exact) mass is 283 g/mol. The molecule has 21 heavy (non-hydrogen) atoms. The number of anilines is 1. The van der Waals surface area contributed by atoms with E-state index in [1.165, 1.54) is 7.11 Å². The van der Waals surface area contributed by atoms with Gasteiger partial charge in [0.05, 0.1) is 12.7 Å². The van der Waals surface area contributed by atoms with Gasteiger partial charge in [0.15, 0.2) is 0 Å². The number of hydrogen-bond donors (Lipinski definition) is 1. The molecule has 0 fully saturated rings. The summed E-state index contributed by atoms with van der Waals surface area (Å²) in [4.78, 5) is 23.6. The van der Waals surface area contributed by atoms with Crippen LogP contribution in [0.2, 0.25) is 0 Å². The summed E-state index contributed by atoms with van der Waals surface area (Å²) >= 11 is 0. The van der Waals surface area contributed by atoms with E-state index < -0.39 is 5.97 Å². The molecule has 0 aromatic heterocycles. The highest BCUT2D eigenvalue weighted by atomic mass is 16.5. The number of rotatable bonds is 3. The number of aryl methyl sites for hydroxylation is 2. The maximum Gasteiger partial charge on any atom is 0.337 e. The third-order valence-electron chi connectivity index (χ3n) is 3.20. The zero-order valence-corrected chi connectivity index (χ0v) is 12.3. The fourth-order valence-electron chi connectivity index (χ4n) is 1.99. The van der Waals surface area contributed by atoms with E-state index in [4.69, 9.17) is 0 Å². The molecule has 4 heteroatoms. The largest absolute Gasteiger partial charge is 0.465 e. The summed E-state index contributed by atoms with van der Waals surface area (Å²) in [7, 11) is 1.33. The Bertz CT molecular complexity index is 675. The first-order chi connectivity index (χ1) is 10.0. The molecule has 0 saturated carbocycles. The van der Waals surface area contributed by atoms with Crippen molar-refractivity contribution in [1.82, 2.24) is 0 Å². The van der Waals surface area contributed by atoms with Crippen LogP contribution >= 0.6 is 0 Å². The number of carbonyl (C=O) groups excluding carboxylic acids is 2. The number of esters is 1. The number of benzene rings is 2. The van der Waals surface area contributed by atoms with Crippen LogP contribution in [-0.2, 0) is 4.74 Å².